The van der Waals surface area contributed by atoms with Crippen molar-refractivity contribution in [1.82, 2.24) is 4.90 Å². The van der Waals surface area contributed by atoms with Crippen LogP contribution >= 0.6 is 15.9 Å². The molecule has 1 heterocycles. The van der Waals surface area contributed by atoms with E-state index < -0.39 is 0 Å². The topological polar surface area (TPSA) is 40.5 Å². The summed E-state index contributed by atoms with van der Waals surface area (Å²) in [4.78, 5) is 14.4. The fourth-order valence-corrected chi connectivity index (χ4v) is 3.65. The number of carbonyl (C=O) groups is 1. The monoisotopic (exact) mass is 323 g/mol. The molecule has 2 aliphatic rings. The maximum atomic E-state index is 12.2. The number of carbonyl (C=O) groups excluding carboxylic acids is 1. The molecule has 1 N–H and O–H groups in total. The predicted molar refractivity (Wildman–Crippen MR) is 77.1 cm³/mol. The Kier molecular flexibility index (Phi) is 3.74. The first-order valence-corrected chi connectivity index (χ1v) is 7.62. The van der Waals surface area contributed by atoms with E-state index in [1.54, 1.807) is 0 Å². The van der Waals surface area contributed by atoms with E-state index in [0.29, 0.717) is 18.4 Å². The smallest absolute Gasteiger partial charge is 0.176 e. The lowest BCUT2D eigenvalue weighted by Crippen LogP contribution is -2.30. The Balaban J connectivity index is 1.60. The minimum Gasteiger partial charge on any atom is -0.393 e. The van der Waals surface area contributed by atoms with Gasteiger partial charge in [0, 0.05) is 29.0 Å². The number of aliphatic hydroxyl groups excluding tert-OH is 1. The first-order valence-electron chi connectivity index (χ1n) is 6.82. The number of ketones is 1. The SMILES string of the molecule is O=C(CN1CC2CCC(O)C2C1)c1ccc(Br)cc1. The highest BCUT2D eigenvalue weighted by Crippen LogP contribution is 2.37. The quantitative estimate of drug-likeness (QED) is 0.868. The molecule has 0 spiro atoms. The summed E-state index contributed by atoms with van der Waals surface area (Å²) >= 11 is 3.37. The van der Waals surface area contributed by atoms with Crippen molar-refractivity contribution in [1.29, 1.82) is 0 Å². The van der Waals surface area contributed by atoms with Gasteiger partial charge < -0.3 is 5.11 Å². The van der Waals surface area contributed by atoms with Crippen LogP contribution in [0.3, 0.4) is 0 Å². The minimum absolute atomic E-state index is 0.155. The Labute approximate surface area is 121 Å². The van der Waals surface area contributed by atoms with Gasteiger partial charge in [-0.25, -0.2) is 0 Å². The Morgan fingerprint density at radius 3 is 2.68 bits per heavy atom. The minimum atomic E-state index is -0.155. The Bertz CT molecular complexity index is 474. The molecule has 0 radical (unpaired) electrons. The van der Waals surface area contributed by atoms with E-state index in [9.17, 15) is 9.90 Å². The van der Waals surface area contributed by atoms with Crippen LogP contribution in [0.25, 0.3) is 0 Å². The van der Waals surface area contributed by atoms with Gasteiger partial charge in [0.05, 0.1) is 12.6 Å². The summed E-state index contributed by atoms with van der Waals surface area (Å²) in [7, 11) is 0. The van der Waals surface area contributed by atoms with E-state index in [2.05, 4.69) is 20.8 Å². The number of nitrogens with zero attached hydrogens (tertiary/aromatic N) is 1. The van der Waals surface area contributed by atoms with E-state index >= 15 is 0 Å². The molecule has 19 heavy (non-hydrogen) atoms. The number of hydrogen-bond donors (Lipinski definition) is 1. The maximum Gasteiger partial charge on any atom is 0.176 e. The van der Waals surface area contributed by atoms with Crippen LogP contribution < -0.4 is 0 Å². The third kappa shape index (κ3) is 2.76. The van der Waals surface area contributed by atoms with Crippen molar-refractivity contribution >= 4 is 21.7 Å². The molecule has 1 saturated heterocycles. The second kappa shape index (κ2) is 5.35. The second-order valence-corrected chi connectivity index (χ2v) is 6.61. The summed E-state index contributed by atoms with van der Waals surface area (Å²) in [6, 6.07) is 7.52. The molecular formula is C15H18BrNO2. The molecule has 1 aromatic rings. The maximum absolute atomic E-state index is 12.2. The summed E-state index contributed by atoms with van der Waals surface area (Å²) in [6.07, 6.45) is 1.89. The lowest BCUT2D eigenvalue weighted by atomic mass is 10.00. The van der Waals surface area contributed by atoms with Crippen LogP contribution in [0.2, 0.25) is 0 Å². The summed E-state index contributed by atoms with van der Waals surface area (Å²) in [6.45, 7) is 2.31. The van der Waals surface area contributed by atoms with Crippen LogP contribution in [-0.4, -0.2) is 41.5 Å². The van der Waals surface area contributed by atoms with Gasteiger partial charge in [0.25, 0.3) is 0 Å². The Morgan fingerprint density at radius 1 is 1.26 bits per heavy atom. The first kappa shape index (κ1) is 13.3. The predicted octanol–water partition coefficient (Wildman–Crippen LogP) is 2.33. The summed E-state index contributed by atoms with van der Waals surface area (Å²) in [5, 5.41) is 9.88. The molecule has 0 amide bonds. The normalized spacial score (nSPS) is 30.5. The van der Waals surface area contributed by atoms with Crippen LogP contribution in [0.5, 0.6) is 0 Å². The van der Waals surface area contributed by atoms with Gasteiger partial charge in [-0.1, -0.05) is 28.1 Å². The summed E-state index contributed by atoms with van der Waals surface area (Å²) in [5.74, 6) is 1.15. The molecule has 2 fully saturated rings. The van der Waals surface area contributed by atoms with Gasteiger partial charge in [0.2, 0.25) is 0 Å². The van der Waals surface area contributed by atoms with Crippen molar-refractivity contribution < 1.29 is 9.90 Å². The number of benzene rings is 1. The molecule has 3 atom stereocenters. The van der Waals surface area contributed by atoms with E-state index in [1.807, 2.05) is 24.3 Å². The number of Topliss-reactive ketones (excluding diaryl/α,β-unsaturated/α-hetero) is 1. The molecule has 0 bridgehead atoms. The fraction of sp³-hybridized carbons (Fsp3) is 0.533. The molecule has 3 rings (SSSR count). The Hall–Kier alpha value is -0.710. The number of rotatable bonds is 3. The van der Waals surface area contributed by atoms with Gasteiger partial charge in [0.1, 0.15) is 0 Å². The van der Waals surface area contributed by atoms with Crippen LogP contribution in [0.4, 0.5) is 0 Å². The number of likely N-dealkylation sites (tertiary alicyclic amines) is 1. The molecular weight excluding hydrogens is 306 g/mol. The Morgan fingerprint density at radius 2 is 2.00 bits per heavy atom. The first-order chi connectivity index (χ1) is 9.13. The molecule has 1 aromatic carbocycles. The zero-order valence-electron chi connectivity index (χ0n) is 10.8. The number of hydrogen-bond acceptors (Lipinski definition) is 3. The van der Waals surface area contributed by atoms with Gasteiger partial charge in [-0.3, -0.25) is 9.69 Å². The standard InChI is InChI=1S/C15H18BrNO2/c16-12-4-1-10(2-5-12)15(19)9-17-7-11-3-6-14(18)13(11)8-17/h1-2,4-5,11,13-14,18H,3,6-9H2. The summed E-state index contributed by atoms with van der Waals surface area (Å²) < 4.78 is 0.989. The van der Waals surface area contributed by atoms with Gasteiger partial charge in [-0.15, -0.1) is 0 Å². The molecule has 102 valence electrons. The number of aliphatic hydroxyl groups is 1. The van der Waals surface area contributed by atoms with E-state index in [4.69, 9.17) is 0 Å². The zero-order valence-corrected chi connectivity index (χ0v) is 12.3. The van der Waals surface area contributed by atoms with Gasteiger partial charge in [0.15, 0.2) is 5.78 Å². The number of halogens is 1. The highest BCUT2D eigenvalue weighted by atomic mass is 79.9. The van der Waals surface area contributed by atoms with E-state index in [1.165, 1.54) is 0 Å². The van der Waals surface area contributed by atoms with E-state index in [0.717, 1.165) is 36.0 Å². The number of fused-ring (bicyclic) bond motifs is 1. The van der Waals surface area contributed by atoms with Gasteiger partial charge in [-0.05, 0) is 30.9 Å². The second-order valence-electron chi connectivity index (χ2n) is 5.69. The van der Waals surface area contributed by atoms with Crippen LogP contribution in [-0.2, 0) is 0 Å². The molecule has 3 nitrogen and oxygen atoms in total. The zero-order chi connectivity index (χ0) is 13.4. The van der Waals surface area contributed by atoms with Gasteiger partial charge >= 0.3 is 0 Å². The van der Waals surface area contributed by atoms with Crippen molar-refractivity contribution in [2.45, 2.75) is 18.9 Å². The molecule has 1 saturated carbocycles. The molecule has 4 heteroatoms. The van der Waals surface area contributed by atoms with Crippen molar-refractivity contribution in [3.63, 3.8) is 0 Å². The van der Waals surface area contributed by atoms with Crippen molar-refractivity contribution in [2.24, 2.45) is 11.8 Å². The lowest BCUT2D eigenvalue weighted by molar-refractivity contribution is 0.0920. The van der Waals surface area contributed by atoms with Crippen molar-refractivity contribution in [2.75, 3.05) is 19.6 Å². The molecule has 1 aliphatic heterocycles. The van der Waals surface area contributed by atoms with Crippen LogP contribution in [0, 0.1) is 11.8 Å². The van der Waals surface area contributed by atoms with E-state index in [-0.39, 0.29) is 11.9 Å². The highest BCUT2D eigenvalue weighted by molar-refractivity contribution is 9.10. The molecule has 1 aliphatic carbocycles. The van der Waals surface area contributed by atoms with Crippen molar-refractivity contribution in [3.05, 3.63) is 34.3 Å². The largest absolute Gasteiger partial charge is 0.393 e. The van der Waals surface area contributed by atoms with Crippen LogP contribution in [0.15, 0.2) is 28.7 Å². The molecule has 3 unspecified atom stereocenters. The van der Waals surface area contributed by atoms with Crippen LogP contribution in [0.1, 0.15) is 23.2 Å². The third-order valence-electron chi connectivity index (χ3n) is 4.43. The average molecular weight is 324 g/mol. The molecule has 0 aromatic heterocycles. The third-order valence-corrected chi connectivity index (χ3v) is 4.96. The lowest BCUT2D eigenvalue weighted by Gasteiger charge is -2.17. The fourth-order valence-electron chi connectivity index (χ4n) is 3.39. The van der Waals surface area contributed by atoms with Gasteiger partial charge in [-0.2, -0.15) is 0 Å². The van der Waals surface area contributed by atoms with Crippen molar-refractivity contribution in [3.8, 4) is 0 Å². The highest BCUT2D eigenvalue weighted by Gasteiger charge is 2.41. The average Bonchev–Trinajstić information content (AvgIpc) is 2.93. The summed E-state index contributed by atoms with van der Waals surface area (Å²) in [5.41, 5.74) is 0.765.